The lowest BCUT2D eigenvalue weighted by atomic mass is 10.1. The van der Waals surface area contributed by atoms with E-state index in [0.717, 1.165) is 30.1 Å². The molecule has 0 aliphatic carbocycles. The second-order valence-electron chi connectivity index (χ2n) is 5.21. The highest BCUT2D eigenvalue weighted by Crippen LogP contribution is 2.18. The van der Waals surface area contributed by atoms with Crippen LogP contribution in [0.3, 0.4) is 0 Å². The lowest BCUT2D eigenvalue weighted by molar-refractivity contribution is 0.422. The van der Waals surface area contributed by atoms with E-state index in [4.69, 9.17) is 5.84 Å². The Morgan fingerprint density at radius 2 is 2.05 bits per heavy atom. The summed E-state index contributed by atoms with van der Waals surface area (Å²) in [6.45, 7) is 6.24. The van der Waals surface area contributed by atoms with Crippen molar-refractivity contribution in [2.45, 2.75) is 52.1 Å². The zero-order valence-electron chi connectivity index (χ0n) is 13.0. The molecule has 6 nitrogen and oxygen atoms in total. The summed E-state index contributed by atoms with van der Waals surface area (Å²) in [7, 11) is 0. The topological polar surface area (TPSA) is 81.7 Å². The van der Waals surface area contributed by atoms with Crippen molar-refractivity contribution in [1.82, 2.24) is 25.2 Å². The molecule has 0 saturated heterocycles. The van der Waals surface area contributed by atoms with Crippen molar-refractivity contribution < 1.29 is 0 Å². The minimum Gasteiger partial charge on any atom is -0.271 e. The summed E-state index contributed by atoms with van der Waals surface area (Å²) >= 11 is 0. The summed E-state index contributed by atoms with van der Waals surface area (Å²) in [5.74, 6) is 6.42. The average Bonchev–Trinajstić information content (AvgIpc) is 2.94. The molecule has 0 aliphatic rings. The van der Waals surface area contributed by atoms with E-state index in [-0.39, 0.29) is 6.04 Å². The molecule has 0 aromatic carbocycles. The third-order valence-electron chi connectivity index (χ3n) is 3.75. The first-order valence-corrected chi connectivity index (χ1v) is 7.47. The molecule has 2 aromatic rings. The number of nitrogens with one attached hydrogen (secondary N) is 1. The van der Waals surface area contributed by atoms with Gasteiger partial charge in [-0.1, -0.05) is 13.8 Å². The van der Waals surface area contributed by atoms with Crippen LogP contribution in [0, 0.1) is 6.92 Å². The van der Waals surface area contributed by atoms with Gasteiger partial charge in [-0.3, -0.25) is 16.0 Å². The highest BCUT2D eigenvalue weighted by atomic mass is 15.3. The summed E-state index contributed by atoms with van der Waals surface area (Å²) in [4.78, 5) is 8.54. The molecule has 2 rings (SSSR count). The van der Waals surface area contributed by atoms with Crippen LogP contribution in [0.15, 0.2) is 24.5 Å². The van der Waals surface area contributed by atoms with Crippen LogP contribution in [-0.2, 0) is 6.42 Å². The maximum atomic E-state index is 5.68. The van der Waals surface area contributed by atoms with E-state index >= 15 is 0 Å². The highest BCUT2D eigenvalue weighted by Gasteiger charge is 2.15. The molecule has 0 bridgehead atoms. The molecule has 2 heterocycles. The molecule has 2 aromatic heterocycles. The van der Waals surface area contributed by atoms with Gasteiger partial charge in [0.05, 0.1) is 23.5 Å². The molecule has 0 fully saturated rings. The van der Waals surface area contributed by atoms with Crippen LogP contribution >= 0.6 is 0 Å². The van der Waals surface area contributed by atoms with E-state index in [1.54, 1.807) is 6.20 Å². The van der Waals surface area contributed by atoms with Crippen LogP contribution in [0.5, 0.6) is 0 Å². The van der Waals surface area contributed by atoms with E-state index in [2.05, 4.69) is 40.4 Å². The number of rotatable bonds is 7. The van der Waals surface area contributed by atoms with Gasteiger partial charge in [-0.15, -0.1) is 0 Å². The average molecular weight is 288 g/mol. The Balaban J connectivity index is 2.12. The van der Waals surface area contributed by atoms with Crippen LogP contribution in [-0.4, -0.2) is 19.7 Å². The molecule has 0 saturated carbocycles. The van der Waals surface area contributed by atoms with E-state index in [0.29, 0.717) is 12.5 Å². The van der Waals surface area contributed by atoms with Gasteiger partial charge in [0.2, 0.25) is 0 Å². The van der Waals surface area contributed by atoms with Gasteiger partial charge in [-0.2, -0.15) is 5.10 Å². The molecular formula is C15H24N6. The first-order chi connectivity index (χ1) is 10.2. The van der Waals surface area contributed by atoms with E-state index in [1.807, 2.05) is 23.9 Å². The maximum absolute atomic E-state index is 5.68. The number of aryl methyl sites for hydroxylation is 1. The van der Waals surface area contributed by atoms with E-state index in [1.165, 1.54) is 0 Å². The molecule has 0 amide bonds. The summed E-state index contributed by atoms with van der Waals surface area (Å²) in [6, 6.07) is 4.34. The number of aromatic nitrogens is 4. The SMILES string of the molecule is CCC(CC)n1ccc(CC(NN)c2ccnc(C)n2)n1. The maximum Gasteiger partial charge on any atom is 0.125 e. The second kappa shape index (κ2) is 7.28. The Labute approximate surface area is 125 Å². The van der Waals surface area contributed by atoms with Crippen molar-refractivity contribution >= 4 is 0 Å². The van der Waals surface area contributed by atoms with Crippen molar-refractivity contribution in [2.24, 2.45) is 5.84 Å². The predicted octanol–water partition coefficient (Wildman–Crippen LogP) is 2.09. The molecular weight excluding hydrogens is 264 g/mol. The van der Waals surface area contributed by atoms with Gasteiger partial charge in [-0.05, 0) is 31.9 Å². The van der Waals surface area contributed by atoms with Gasteiger partial charge >= 0.3 is 0 Å². The Kier molecular flexibility index (Phi) is 5.41. The number of hydrazine groups is 1. The fraction of sp³-hybridized carbons (Fsp3) is 0.533. The summed E-state index contributed by atoms with van der Waals surface area (Å²) in [5.41, 5.74) is 4.73. The van der Waals surface area contributed by atoms with Crippen molar-refractivity contribution in [3.63, 3.8) is 0 Å². The van der Waals surface area contributed by atoms with Gasteiger partial charge in [-0.25, -0.2) is 9.97 Å². The van der Waals surface area contributed by atoms with Crippen LogP contribution in [0.25, 0.3) is 0 Å². The molecule has 0 radical (unpaired) electrons. The van der Waals surface area contributed by atoms with Gasteiger partial charge in [0.15, 0.2) is 0 Å². The van der Waals surface area contributed by atoms with E-state index < -0.39 is 0 Å². The molecule has 0 aliphatic heterocycles. The van der Waals surface area contributed by atoms with Gasteiger partial charge < -0.3 is 0 Å². The smallest absolute Gasteiger partial charge is 0.125 e. The third kappa shape index (κ3) is 3.86. The van der Waals surface area contributed by atoms with Crippen molar-refractivity contribution in [2.75, 3.05) is 0 Å². The Hall–Kier alpha value is -1.79. The fourth-order valence-corrected chi connectivity index (χ4v) is 2.48. The van der Waals surface area contributed by atoms with Crippen LogP contribution in [0.2, 0.25) is 0 Å². The Morgan fingerprint density at radius 3 is 2.67 bits per heavy atom. The minimum absolute atomic E-state index is 0.0586. The second-order valence-corrected chi connectivity index (χ2v) is 5.21. The molecule has 6 heteroatoms. The molecule has 1 unspecified atom stereocenters. The summed E-state index contributed by atoms with van der Waals surface area (Å²) < 4.78 is 2.05. The fourth-order valence-electron chi connectivity index (χ4n) is 2.48. The number of hydrogen-bond donors (Lipinski definition) is 2. The summed E-state index contributed by atoms with van der Waals surface area (Å²) in [6.07, 6.45) is 6.68. The normalized spacial score (nSPS) is 12.8. The lowest BCUT2D eigenvalue weighted by Gasteiger charge is -2.15. The molecule has 21 heavy (non-hydrogen) atoms. The highest BCUT2D eigenvalue weighted by molar-refractivity contribution is 5.12. The molecule has 0 spiro atoms. The van der Waals surface area contributed by atoms with Gasteiger partial charge in [0.1, 0.15) is 5.82 Å². The van der Waals surface area contributed by atoms with Gasteiger partial charge in [0, 0.05) is 18.8 Å². The number of hydrogen-bond acceptors (Lipinski definition) is 5. The van der Waals surface area contributed by atoms with Crippen molar-refractivity contribution in [1.29, 1.82) is 0 Å². The predicted molar refractivity (Wildman–Crippen MR) is 82.4 cm³/mol. The monoisotopic (exact) mass is 288 g/mol. The first-order valence-electron chi connectivity index (χ1n) is 7.47. The molecule has 114 valence electrons. The van der Waals surface area contributed by atoms with Crippen LogP contribution in [0.4, 0.5) is 0 Å². The van der Waals surface area contributed by atoms with Crippen molar-refractivity contribution in [3.05, 3.63) is 41.7 Å². The van der Waals surface area contributed by atoms with Gasteiger partial charge in [0.25, 0.3) is 0 Å². The molecule has 3 N–H and O–H groups in total. The lowest BCUT2D eigenvalue weighted by Crippen LogP contribution is -2.30. The third-order valence-corrected chi connectivity index (χ3v) is 3.75. The minimum atomic E-state index is -0.0586. The Morgan fingerprint density at radius 1 is 1.29 bits per heavy atom. The standard InChI is InChI=1S/C15H24N6/c1-4-13(5-2)21-9-7-12(20-21)10-15(19-16)14-6-8-17-11(3)18-14/h6-9,13,15,19H,4-5,10,16H2,1-3H3. The zero-order chi connectivity index (χ0) is 15.2. The largest absolute Gasteiger partial charge is 0.271 e. The zero-order valence-corrected chi connectivity index (χ0v) is 13.0. The first kappa shape index (κ1) is 15.6. The quantitative estimate of drug-likeness (QED) is 0.602. The number of nitrogens with zero attached hydrogens (tertiary/aromatic N) is 4. The van der Waals surface area contributed by atoms with E-state index in [9.17, 15) is 0 Å². The summed E-state index contributed by atoms with van der Waals surface area (Å²) in [5, 5.41) is 4.67. The van der Waals surface area contributed by atoms with Crippen molar-refractivity contribution in [3.8, 4) is 0 Å². The Bertz CT molecular complexity index is 561. The van der Waals surface area contributed by atoms with Crippen LogP contribution < -0.4 is 11.3 Å². The van der Waals surface area contributed by atoms with Crippen LogP contribution in [0.1, 0.15) is 56.0 Å². The number of nitrogens with two attached hydrogens (primary N) is 1. The molecule has 1 atom stereocenters.